The molecule has 0 saturated carbocycles. The first-order valence-corrected chi connectivity index (χ1v) is 8.74. The normalized spacial score (nSPS) is 17.5. The number of amides is 2. The number of hydrogen-bond donors (Lipinski definition) is 2. The predicted octanol–water partition coefficient (Wildman–Crippen LogP) is 3.11. The monoisotopic (exact) mass is 355 g/mol. The highest BCUT2D eigenvalue weighted by Crippen LogP contribution is 2.19. The van der Waals surface area contributed by atoms with Crippen molar-refractivity contribution in [3.8, 4) is 0 Å². The van der Waals surface area contributed by atoms with Gasteiger partial charge in [0, 0.05) is 17.9 Å². The Bertz CT molecular complexity index is 767. The first-order chi connectivity index (χ1) is 12.6. The minimum atomic E-state index is -0.390. The average molecular weight is 355 g/mol. The molecule has 2 amide bonds. The number of anilines is 2. The van der Waals surface area contributed by atoms with Crippen molar-refractivity contribution in [3.05, 3.63) is 60.4 Å². The zero-order valence-corrected chi connectivity index (χ0v) is 14.5. The fourth-order valence-electron chi connectivity index (χ4n) is 3.15. The van der Waals surface area contributed by atoms with Crippen LogP contribution in [0.5, 0.6) is 0 Å². The Balaban J connectivity index is 1.51. The van der Waals surface area contributed by atoms with Crippen molar-refractivity contribution in [1.29, 1.82) is 0 Å². The number of benzene rings is 2. The molecule has 1 aliphatic rings. The van der Waals surface area contributed by atoms with E-state index < -0.39 is 5.82 Å². The van der Waals surface area contributed by atoms with Crippen LogP contribution in [0.3, 0.4) is 0 Å². The summed E-state index contributed by atoms with van der Waals surface area (Å²) in [4.78, 5) is 26.6. The van der Waals surface area contributed by atoms with E-state index in [2.05, 4.69) is 10.6 Å². The first kappa shape index (κ1) is 18.1. The topological polar surface area (TPSA) is 61.4 Å². The lowest BCUT2D eigenvalue weighted by molar-refractivity contribution is -0.123. The Labute approximate surface area is 152 Å². The summed E-state index contributed by atoms with van der Waals surface area (Å²) in [6.07, 6.45) is 1.67. The average Bonchev–Trinajstić information content (AvgIpc) is 2.62. The van der Waals surface area contributed by atoms with Crippen LogP contribution < -0.4 is 10.6 Å². The molecular weight excluding hydrogens is 333 g/mol. The first-order valence-electron chi connectivity index (χ1n) is 8.74. The van der Waals surface area contributed by atoms with E-state index in [4.69, 9.17) is 0 Å². The van der Waals surface area contributed by atoms with E-state index in [-0.39, 0.29) is 24.3 Å². The van der Waals surface area contributed by atoms with Crippen LogP contribution in [0.15, 0.2) is 54.6 Å². The van der Waals surface area contributed by atoms with Gasteiger partial charge in [0.1, 0.15) is 5.82 Å². The van der Waals surface area contributed by atoms with Crippen LogP contribution in [-0.4, -0.2) is 36.3 Å². The SMILES string of the molecule is O=C(CN1CCC[C@@H](C(=O)Nc2ccccc2)C1)Nc1cccc(F)c1. The van der Waals surface area contributed by atoms with Crippen molar-refractivity contribution >= 4 is 23.2 Å². The zero-order chi connectivity index (χ0) is 18.4. The largest absolute Gasteiger partial charge is 0.326 e. The maximum atomic E-state index is 13.2. The lowest BCUT2D eigenvalue weighted by Gasteiger charge is -2.31. The van der Waals surface area contributed by atoms with Gasteiger partial charge in [0.25, 0.3) is 0 Å². The lowest BCUT2D eigenvalue weighted by atomic mass is 9.97. The van der Waals surface area contributed by atoms with Crippen molar-refractivity contribution in [3.63, 3.8) is 0 Å². The molecular formula is C20H22FN3O2. The Hall–Kier alpha value is -2.73. The molecule has 2 N–H and O–H groups in total. The van der Waals surface area contributed by atoms with Crippen molar-refractivity contribution in [2.24, 2.45) is 5.92 Å². The second kappa shape index (κ2) is 8.58. The molecule has 2 aromatic rings. The van der Waals surface area contributed by atoms with E-state index >= 15 is 0 Å². The molecule has 1 heterocycles. The van der Waals surface area contributed by atoms with Gasteiger partial charge in [-0.25, -0.2) is 4.39 Å². The highest BCUT2D eigenvalue weighted by atomic mass is 19.1. The van der Waals surface area contributed by atoms with Crippen LogP contribution in [0, 0.1) is 11.7 Å². The van der Waals surface area contributed by atoms with Crippen LogP contribution in [0.1, 0.15) is 12.8 Å². The third-order valence-electron chi connectivity index (χ3n) is 4.39. The molecule has 136 valence electrons. The molecule has 0 unspecified atom stereocenters. The highest BCUT2D eigenvalue weighted by molar-refractivity contribution is 5.93. The third-order valence-corrected chi connectivity index (χ3v) is 4.39. The number of rotatable bonds is 5. The number of likely N-dealkylation sites (tertiary alicyclic amines) is 1. The van der Waals surface area contributed by atoms with Crippen LogP contribution in [-0.2, 0) is 9.59 Å². The maximum absolute atomic E-state index is 13.2. The standard InChI is InChI=1S/C20H22FN3O2/c21-16-7-4-10-18(12-16)22-19(25)14-24-11-5-6-15(13-24)20(26)23-17-8-2-1-3-9-17/h1-4,7-10,12,15H,5-6,11,13-14H2,(H,22,25)(H,23,26)/t15-/m1/s1. The van der Waals surface area contributed by atoms with Crippen LogP contribution in [0.2, 0.25) is 0 Å². The molecule has 0 radical (unpaired) electrons. The minimum Gasteiger partial charge on any atom is -0.326 e. The number of carbonyl (C=O) groups excluding carboxylic acids is 2. The molecule has 0 aliphatic carbocycles. The second-order valence-corrected chi connectivity index (χ2v) is 6.49. The summed E-state index contributed by atoms with van der Waals surface area (Å²) in [6, 6.07) is 15.2. The number of para-hydroxylation sites is 1. The molecule has 6 heteroatoms. The molecule has 1 aliphatic heterocycles. The summed E-state index contributed by atoms with van der Waals surface area (Å²) < 4.78 is 13.2. The number of piperidine rings is 1. The number of nitrogens with one attached hydrogen (secondary N) is 2. The van der Waals surface area contributed by atoms with Crippen LogP contribution >= 0.6 is 0 Å². The Morgan fingerprint density at radius 2 is 1.81 bits per heavy atom. The van der Waals surface area contributed by atoms with Crippen LogP contribution in [0.4, 0.5) is 15.8 Å². The molecule has 1 fully saturated rings. The quantitative estimate of drug-likeness (QED) is 0.866. The number of carbonyl (C=O) groups is 2. The smallest absolute Gasteiger partial charge is 0.238 e. The van der Waals surface area contributed by atoms with Crippen molar-refractivity contribution in [2.45, 2.75) is 12.8 Å². The van der Waals surface area contributed by atoms with Crippen molar-refractivity contribution in [1.82, 2.24) is 4.90 Å². The van der Waals surface area contributed by atoms with Gasteiger partial charge in [-0.05, 0) is 49.7 Å². The fourth-order valence-corrected chi connectivity index (χ4v) is 3.15. The van der Waals surface area contributed by atoms with Gasteiger partial charge in [0.2, 0.25) is 11.8 Å². The molecule has 5 nitrogen and oxygen atoms in total. The molecule has 2 aromatic carbocycles. The molecule has 1 saturated heterocycles. The summed E-state index contributed by atoms with van der Waals surface area (Å²) in [5.74, 6) is -0.768. The van der Waals surface area contributed by atoms with Gasteiger partial charge in [0.05, 0.1) is 12.5 Å². The third kappa shape index (κ3) is 5.13. The van der Waals surface area contributed by atoms with E-state index in [1.807, 2.05) is 35.2 Å². The summed E-state index contributed by atoms with van der Waals surface area (Å²) >= 11 is 0. The van der Waals surface area contributed by atoms with E-state index in [1.54, 1.807) is 12.1 Å². The maximum Gasteiger partial charge on any atom is 0.238 e. The minimum absolute atomic E-state index is 0.0218. The van der Waals surface area contributed by atoms with E-state index in [1.165, 1.54) is 12.1 Å². The summed E-state index contributed by atoms with van der Waals surface area (Å²) in [6.45, 7) is 1.49. The van der Waals surface area contributed by atoms with Gasteiger partial charge in [-0.1, -0.05) is 24.3 Å². The molecule has 3 rings (SSSR count). The molecule has 0 aromatic heterocycles. The van der Waals surface area contributed by atoms with Gasteiger partial charge >= 0.3 is 0 Å². The Kier molecular flexibility index (Phi) is 5.96. The Morgan fingerprint density at radius 3 is 2.58 bits per heavy atom. The zero-order valence-electron chi connectivity index (χ0n) is 14.5. The molecule has 0 bridgehead atoms. The fraction of sp³-hybridized carbons (Fsp3) is 0.300. The molecule has 1 atom stereocenters. The van der Waals surface area contributed by atoms with Crippen molar-refractivity contribution < 1.29 is 14.0 Å². The van der Waals surface area contributed by atoms with Gasteiger partial charge in [0.15, 0.2) is 0 Å². The van der Waals surface area contributed by atoms with Gasteiger partial charge < -0.3 is 10.6 Å². The van der Waals surface area contributed by atoms with E-state index in [9.17, 15) is 14.0 Å². The second-order valence-electron chi connectivity index (χ2n) is 6.49. The van der Waals surface area contributed by atoms with Gasteiger partial charge in [-0.3, -0.25) is 14.5 Å². The van der Waals surface area contributed by atoms with E-state index in [0.717, 1.165) is 25.1 Å². The van der Waals surface area contributed by atoms with Gasteiger partial charge in [-0.2, -0.15) is 0 Å². The molecule has 26 heavy (non-hydrogen) atoms. The van der Waals surface area contributed by atoms with Gasteiger partial charge in [-0.15, -0.1) is 0 Å². The Morgan fingerprint density at radius 1 is 1.04 bits per heavy atom. The summed E-state index contributed by atoms with van der Waals surface area (Å²) in [7, 11) is 0. The van der Waals surface area contributed by atoms with E-state index in [0.29, 0.717) is 12.2 Å². The van der Waals surface area contributed by atoms with Crippen molar-refractivity contribution in [2.75, 3.05) is 30.3 Å². The number of nitrogens with zero attached hydrogens (tertiary/aromatic N) is 1. The number of hydrogen-bond acceptors (Lipinski definition) is 3. The molecule has 0 spiro atoms. The van der Waals surface area contributed by atoms with Crippen LogP contribution in [0.25, 0.3) is 0 Å². The highest BCUT2D eigenvalue weighted by Gasteiger charge is 2.26. The summed E-state index contributed by atoms with van der Waals surface area (Å²) in [5.41, 5.74) is 1.21. The number of halogens is 1. The lowest BCUT2D eigenvalue weighted by Crippen LogP contribution is -2.43. The predicted molar refractivity (Wildman–Crippen MR) is 99.3 cm³/mol. The summed E-state index contributed by atoms with van der Waals surface area (Å²) in [5, 5.41) is 5.62.